The summed E-state index contributed by atoms with van der Waals surface area (Å²) >= 11 is 0. The number of likely N-dealkylation sites (N-methyl/N-ethyl adjacent to an activating group) is 1. The second-order valence-corrected chi connectivity index (χ2v) is 8.30. The van der Waals surface area contributed by atoms with Crippen LogP contribution in [0.15, 0.2) is 6.07 Å². The summed E-state index contributed by atoms with van der Waals surface area (Å²) in [5, 5.41) is 7.43. The van der Waals surface area contributed by atoms with Gasteiger partial charge in [-0.2, -0.15) is 5.10 Å². The molecule has 2 amide bonds. The minimum absolute atomic E-state index is 0.0249. The van der Waals surface area contributed by atoms with E-state index in [1.807, 2.05) is 24.9 Å². The van der Waals surface area contributed by atoms with Gasteiger partial charge < -0.3 is 10.2 Å². The molecule has 1 aromatic rings. The maximum atomic E-state index is 12.6. The number of hydrogen-bond donors (Lipinski definition) is 1. The highest BCUT2D eigenvalue weighted by atomic mass is 16.2. The van der Waals surface area contributed by atoms with Crippen LogP contribution in [0.2, 0.25) is 0 Å². The van der Waals surface area contributed by atoms with Gasteiger partial charge in [0.2, 0.25) is 5.91 Å². The number of carbonyl (C=O) groups excluding carboxylic acids is 2. The van der Waals surface area contributed by atoms with Crippen LogP contribution in [0.25, 0.3) is 0 Å². The van der Waals surface area contributed by atoms with E-state index in [1.165, 1.54) is 12.8 Å². The van der Waals surface area contributed by atoms with Gasteiger partial charge in [-0.05, 0) is 64.1 Å². The number of likely N-dealkylation sites (tertiary alicyclic amines) is 2. The lowest BCUT2D eigenvalue weighted by molar-refractivity contribution is -0.121. The molecule has 2 aliphatic heterocycles. The average molecular weight is 390 g/mol. The van der Waals surface area contributed by atoms with E-state index in [0.717, 1.165) is 57.7 Å². The van der Waals surface area contributed by atoms with Crippen molar-refractivity contribution in [2.24, 2.45) is 13.0 Å². The molecule has 156 valence electrons. The summed E-state index contributed by atoms with van der Waals surface area (Å²) in [6.07, 6.45) is 5.88. The lowest BCUT2D eigenvalue weighted by atomic mass is 9.92. The van der Waals surface area contributed by atoms with Crippen molar-refractivity contribution < 1.29 is 9.59 Å². The Labute approximate surface area is 168 Å². The van der Waals surface area contributed by atoms with Crippen molar-refractivity contribution in [2.75, 3.05) is 32.7 Å². The fourth-order valence-electron chi connectivity index (χ4n) is 4.45. The standard InChI is InChI=1S/C21H35N5O2/c1-4-25-11-5-6-18(25)15-22-20(27)8-7-17-9-12-26(13-10-17)21(28)19-14-16(2)24(3)23-19/h14,17-18H,4-13,15H2,1-3H3,(H,22,27)/t18-/m0/s1. The summed E-state index contributed by atoms with van der Waals surface area (Å²) in [5.41, 5.74) is 1.52. The molecule has 2 fully saturated rings. The van der Waals surface area contributed by atoms with Crippen molar-refractivity contribution in [3.63, 3.8) is 0 Å². The Morgan fingerprint density at radius 1 is 1.21 bits per heavy atom. The van der Waals surface area contributed by atoms with Gasteiger partial charge in [0, 0.05) is 44.8 Å². The van der Waals surface area contributed by atoms with Gasteiger partial charge in [0.15, 0.2) is 5.69 Å². The van der Waals surface area contributed by atoms with E-state index in [-0.39, 0.29) is 11.8 Å². The van der Waals surface area contributed by atoms with E-state index >= 15 is 0 Å². The molecule has 2 aliphatic rings. The molecular formula is C21H35N5O2. The number of nitrogens with zero attached hydrogens (tertiary/aromatic N) is 4. The molecule has 0 spiro atoms. The Hall–Kier alpha value is -1.89. The molecule has 1 N–H and O–H groups in total. The Kier molecular flexibility index (Phi) is 7.10. The lowest BCUT2D eigenvalue weighted by Gasteiger charge is -2.31. The first-order valence-electron chi connectivity index (χ1n) is 10.8. The molecular weight excluding hydrogens is 354 g/mol. The van der Waals surface area contributed by atoms with Gasteiger partial charge in [-0.3, -0.25) is 19.2 Å². The SMILES string of the molecule is CCN1CCC[C@H]1CNC(=O)CCC1CCN(C(=O)c2cc(C)n(C)n2)CC1. The summed E-state index contributed by atoms with van der Waals surface area (Å²) in [6.45, 7) is 8.66. The van der Waals surface area contributed by atoms with E-state index in [2.05, 4.69) is 22.2 Å². The zero-order chi connectivity index (χ0) is 20.1. The molecule has 0 aromatic carbocycles. The van der Waals surface area contributed by atoms with E-state index in [9.17, 15) is 9.59 Å². The molecule has 3 heterocycles. The second-order valence-electron chi connectivity index (χ2n) is 8.30. The monoisotopic (exact) mass is 389 g/mol. The van der Waals surface area contributed by atoms with E-state index in [4.69, 9.17) is 0 Å². The first-order chi connectivity index (χ1) is 13.5. The van der Waals surface area contributed by atoms with Gasteiger partial charge in [-0.1, -0.05) is 6.92 Å². The molecule has 28 heavy (non-hydrogen) atoms. The lowest BCUT2D eigenvalue weighted by Crippen LogP contribution is -2.40. The Morgan fingerprint density at radius 2 is 1.96 bits per heavy atom. The average Bonchev–Trinajstić information content (AvgIpc) is 3.30. The minimum atomic E-state index is 0.0249. The Morgan fingerprint density at radius 3 is 2.61 bits per heavy atom. The van der Waals surface area contributed by atoms with Crippen LogP contribution in [0.5, 0.6) is 0 Å². The molecule has 3 rings (SSSR count). The molecule has 0 radical (unpaired) electrons. The molecule has 1 aromatic heterocycles. The van der Waals surface area contributed by atoms with Gasteiger partial charge in [0.05, 0.1) is 0 Å². The van der Waals surface area contributed by atoms with Gasteiger partial charge in [-0.25, -0.2) is 0 Å². The van der Waals surface area contributed by atoms with Crippen molar-refractivity contribution in [1.29, 1.82) is 0 Å². The summed E-state index contributed by atoms with van der Waals surface area (Å²) < 4.78 is 1.74. The van der Waals surface area contributed by atoms with Crippen LogP contribution in [0.3, 0.4) is 0 Å². The first kappa shape index (κ1) is 20.8. The van der Waals surface area contributed by atoms with E-state index < -0.39 is 0 Å². The van der Waals surface area contributed by atoms with Crippen LogP contribution >= 0.6 is 0 Å². The highest BCUT2D eigenvalue weighted by molar-refractivity contribution is 5.92. The summed E-state index contributed by atoms with van der Waals surface area (Å²) in [5.74, 6) is 0.723. The van der Waals surface area contributed by atoms with Crippen molar-refractivity contribution in [2.45, 2.75) is 58.4 Å². The molecule has 7 nitrogen and oxygen atoms in total. The third-order valence-corrected chi connectivity index (χ3v) is 6.45. The summed E-state index contributed by atoms with van der Waals surface area (Å²) in [6, 6.07) is 2.36. The summed E-state index contributed by atoms with van der Waals surface area (Å²) in [7, 11) is 1.86. The number of aryl methyl sites for hydroxylation is 2. The van der Waals surface area contributed by atoms with E-state index in [1.54, 1.807) is 4.68 Å². The van der Waals surface area contributed by atoms with Crippen molar-refractivity contribution in [1.82, 2.24) is 24.9 Å². The predicted octanol–water partition coefficient (Wildman–Crippen LogP) is 1.96. The highest BCUT2D eigenvalue weighted by Gasteiger charge is 2.26. The smallest absolute Gasteiger partial charge is 0.274 e. The van der Waals surface area contributed by atoms with Crippen LogP contribution < -0.4 is 5.32 Å². The van der Waals surface area contributed by atoms with Crippen LogP contribution in [-0.2, 0) is 11.8 Å². The maximum absolute atomic E-state index is 12.6. The third-order valence-electron chi connectivity index (χ3n) is 6.45. The van der Waals surface area contributed by atoms with Crippen LogP contribution in [0, 0.1) is 12.8 Å². The number of piperidine rings is 1. The number of hydrogen-bond acceptors (Lipinski definition) is 4. The van der Waals surface area contributed by atoms with Gasteiger partial charge in [0.25, 0.3) is 5.91 Å². The largest absolute Gasteiger partial charge is 0.355 e. The Balaban J connectivity index is 1.35. The fourth-order valence-corrected chi connectivity index (χ4v) is 4.45. The normalized spacial score (nSPS) is 21.2. The second kappa shape index (κ2) is 9.54. The van der Waals surface area contributed by atoms with E-state index in [0.29, 0.717) is 24.1 Å². The van der Waals surface area contributed by atoms with Gasteiger partial charge >= 0.3 is 0 Å². The fraction of sp³-hybridized carbons (Fsp3) is 0.762. The first-order valence-corrected chi connectivity index (χ1v) is 10.8. The minimum Gasteiger partial charge on any atom is -0.355 e. The molecule has 0 unspecified atom stereocenters. The van der Waals surface area contributed by atoms with Crippen LogP contribution in [0.1, 0.15) is 61.6 Å². The number of aromatic nitrogens is 2. The molecule has 2 saturated heterocycles. The third kappa shape index (κ3) is 5.13. The molecule has 0 aliphatic carbocycles. The van der Waals surface area contributed by atoms with Crippen molar-refractivity contribution >= 4 is 11.8 Å². The number of nitrogens with one attached hydrogen (secondary N) is 1. The Bertz CT molecular complexity index is 659. The van der Waals surface area contributed by atoms with Crippen LogP contribution in [-0.4, -0.2) is 70.2 Å². The van der Waals surface area contributed by atoms with Gasteiger partial charge in [0.1, 0.15) is 0 Å². The zero-order valence-corrected chi connectivity index (χ0v) is 17.6. The summed E-state index contributed by atoms with van der Waals surface area (Å²) in [4.78, 5) is 29.2. The van der Waals surface area contributed by atoms with Gasteiger partial charge in [-0.15, -0.1) is 0 Å². The zero-order valence-electron chi connectivity index (χ0n) is 17.6. The number of carbonyl (C=O) groups is 2. The molecule has 0 saturated carbocycles. The topological polar surface area (TPSA) is 70.5 Å². The molecule has 0 bridgehead atoms. The number of amides is 2. The van der Waals surface area contributed by atoms with Crippen molar-refractivity contribution in [3.8, 4) is 0 Å². The predicted molar refractivity (Wildman–Crippen MR) is 109 cm³/mol. The quantitative estimate of drug-likeness (QED) is 0.774. The maximum Gasteiger partial charge on any atom is 0.274 e. The highest BCUT2D eigenvalue weighted by Crippen LogP contribution is 2.23. The number of rotatable bonds is 7. The molecule has 1 atom stereocenters. The van der Waals surface area contributed by atoms with Crippen molar-refractivity contribution in [3.05, 3.63) is 17.5 Å². The molecule has 7 heteroatoms. The van der Waals surface area contributed by atoms with Crippen LogP contribution in [0.4, 0.5) is 0 Å².